The molecule has 0 aromatic carbocycles. The molecule has 108 valence electrons. The van der Waals surface area contributed by atoms with Gasteiger partial charge in [0.25, 0.3) is 0 Å². The van der Waals surface area contributed by atoms with E-state index in [4.69, 9.17) is 5.73 Å². The Morgan fingerprint density at radius 2 is 1.42 bits per heavy atom. The summed E-state index contributed by atoms with van der Waals surface area (Å²) >= 11 is 0. The molecule has 5 saturated carbocycles. The highest BCUT2D eigenvalue weighted by molar-refractivity contribution is 4.99. The van der Waals surface area contributed by atoms with Crippen LogP contribution in [-0.4, -0.2) is 6.54 Å². The molecule has 0 aliphatic heterocycles. The van der Waals surface area contributed by atoms with Gasteiger partial charge in [-0.3, -0.25) is 0 Å². The van der Waals surface area contributed by atoms with E-state index in [1.807, 2.05) is 0 Å². The molecule has 0 aromatic heterocycles. The Morgan fingerprint density at radius 1 is 0.842 bits per heavy atom. The van der Waals surface area contributed by atoms with Crippen molar-refractivity contribution < 1.29 is 0 Å². The number of hydrogen-bond acceptors (Lipinski definition) is 1. The summed E-state index contributed by atoms with van der Waals surface area (Å²) in [5.41, 5.74) is 6.69. The lowest BCUT2D eigenvalue weighted by molar-refractivity contribution is -0.0440. The smallest absolute Gasteiger partial charge is 0.00205 e. The summed E-state index contributed by atoms with van der Waals surface area (Å²) in [5.74, 6) is 5.60. The molecule has 0 amide bonds. The fourth-order valence-electron chi connectivity index (χ4n) is 6.66. The van der Waals surface area contributed by atoms with Crippen molar-refractivity contribution in [3.63, 3.8) is 0 Å². The van der Waals surface area contributed by atoms with Gasteiger partial charge in [-0.2, -0.15) is 0 Å². The van der Waals surface area contributed by atoms with Crippen LogP contribution in [0.15, 0.2) is 0 Å². The molecule has 4 bridgehead atoms. The third-order valence-electron chi connectivity index (χ3n) is 7.53. The second-order valence-corrected chi connectivity index (χ2v) is 8.54. The van der Waals surface area contributed by atoms with Crippen molar-refractivity contribution in [2.24, 2.45) is 40.7 Å². The third-order valence-corrected chi connectivity index (χ3v) is 7.53. The molecule has 1 nitrogen and oxygen atoms in total. The Balaban J connectivity index is 1.40. The maximum Gasteiger partial charge on any atom is -0.00205 e. The Labute approximate surface area is 118 Å². The van der Waals surface area contributed by atoms with Crippen molar-refractivity contribution in [1.82, 2.24) is 0 Å². The molecule has 0 aromatic rings. The van der Waals surface area contributed by atoms with Crippen LogP contribution >= 0.6 is 0 Å². The standard InChI is InChI=1S/C18H31N/c19-12-18(4-1-2-5-18)6-3-17-15-8-13-7-14(10-15)11-16(17)9-13/h13-17H,1-12,19H2. The van der Waals surface area contributed by atoms with Crippen LogP contribution in [0.1, 0.15) is 70.6 Å². The highest BCUT2D eigenvalue weighted by Gasteiger charge is 2.48. The Morgan fingerprint density at radius 3 is 1.95 bits per heavy atom. The summed E-state index contributed by atoms with van der Waals surface area (Å²) in [5, 5.41) is 0. The minimum atomic E-state index is 0.564. The fourth-order valence-corrected chi connectivity index (χ4v) is 6.66. The molecule has 5 aliphatic carbocycles. The Hall–Kier alpha value is -0.0400. The van der Waals surface area contributed by atoms with Crippen LogP contribution in [0.5, 0.6) is 0 Å². The quantitative estimate of drug-likeness (QED) is 0.799. The van der Waals surface area contributed by atoms with Gasteiger partial charge in [0, 0.05) is 0 Å². The summed E-state index contributed by atoms with van der Waals surface area (Å²) in [6.07, 6.45) is 16.7. The molecule has 0 unspecified atom stereocenters. The second kappa shape index (κ2) is 4.76. The lowest BCUT2D eigenvalue weighted by atomic mass is 9.51. The molecule has 0 saturated heterocycles. The van der Waals surface area contributed by atoms with Gasteiger partial charge in [0.15, 0.2) is 0 Å². The van der Waals surface area contributed by atoms with Crippen molar-refractivity contribution in [3.8, 4) is 0 Å². The fraction of sp³-hybridized carbons (Fsp3) is 1.00. The first-order chi connectivity index (χ1) is 9.28. The van der Waals surface area contributed by atoms with Gasteiger partial charge in [-0.15, -0.1) is 0 Å². The molecule has 5 fully saturated rings. The molecule has 0 spiro atoms. The number of hydrogen-bond donors (Lipinski definition) is 1. The van der Waals surface area contributed by atoms with Crippen molar-refractivity contribution in [2.75, 3.05) is 6.54 Å². The Bertz CT molecular complexity index is 301. The van der Waals surface area contributed by atoms with Crippen molar-refractivity contribution >= 4 is 0 Å². The van der Waals surface area contributed by atoms with Gasteiger partial charge in [0.05, 0.1) is 0 Å². The van der Waals surface area contributed by atoms with Crippen LogP contribution in [-0.2, 0) is 0 Å². The minimum absolute atomic E-state index is 0.564. The average Bonchev–Trinajstić information content (AvgIpc) is 2.86. The van der Waals surface area contributed by atoms with Crippen molar-refractivity contribution in [1.29, 1.82) is 0 Å². The summed E-state index contributed by atoms with van der Waals surface area (Å²) in [4.78, 5) is 0. The number of rotatable bonds is 4. The predicted octanol–water partition coefficient (Wildman–Crippen LogP) is 4.36. The lowest BCUT2D eigenvalue weighted by Crippen LogP contribution is -2.45. The van der Waals surface area contributed by atoms with Gasteiger partial charge in [-0.05, 0) is 99.3 Å². The maximum absolute atomic E-state index is 6.13. The largest absolute Gasteiger partial charge is 0.330 e. The van der Waals surface area contributed by atoms with Crippen LogP contribution in [0, 0.1) is 35.0 Å². The highest BCUT2D eigenvalue weighted by atomic mass is 14.6. The van der Waals surface area contributed by atoms with Gasteiger partial charge < -0.3 is 5.73 Å². The van der Waals surface area contributed by atoms with E-state index in [2.05, 4.69) is 0 Å². The Kier molecular flexibility index (Phi) is 3.17. The van der Waals surface area contributed by atoms with Crippen LogP contribution in [0.3, 0.4) is 0 Å². The van der Waals surface area contributed by atoms with Gasteiger partial charge in [0.2, 0.25) is 0 Å². The average molecular weight is 261 g/mol. The summed E-state index contributed by atoms with van der Waals surface area (Å²) in [6, 6.07) is 0. The monoisotopic (exact) mass is 261 g/mol. The van der Waals surface area contributed by atoms with E-state index in [1.165, 1.54) is 38.5 Å². The first-order valence-electron chi connectivity index (χ1n) is 8.98. The topological polar surface area (TPSA) is 26.0 Å². The van der Waals surface area contributed by atoms with E-state index in [9.17, 15) is 0 Å². The van der Waals surface area contributed by atoms with E-state index in [0.717, 1.165) is 36.1 Å². The zero-order chi connectivity index (χ0) is 12.9. The van der Waals surface area contributed by atoms with E-state index in [1.54, 1.807) is 32.1 Å². The van der Waals surface area contributed by atoms with Gasteiger partial charge in [0.1, 0.15) is 0 Å². The van der Waals surface area contributed by atoms with E-state index < -0.39 is 0 Å². The van der Waals surface area contributed by atoms with Crippen molar-refractivity contribution in [2.45, 2.75) is 70.6 Å². The van der Waals surface area contributed by atoms with Gasteiger partial charge >= 0.3 is 0 Å². The molecular weight excluding hydrogens is 230 g/mol. The molecule has 2 N–H and O–H groups in total. The van der Waals surface area contributed by atoms with E-state index in [-0.39, 0.29) is 0 Å². The SMILES string of the molecule is NCC1(CCC2C3CC4CC(C3)CC2C4)CCCC1. The third kappa shape index (κ3) is 2.17. The van der Waals surface area contributed by atoms with E-state index in [0.29, 0.717) is 5.41 Å². The first-order valence-corrected chi connectivity index (χ1v) is 8.98. The molecule has 0 heterocycles. The van der Waals surface area contributed by atoms with Crippen LogP contribution in [0.25, 0.3) is 0 Å². The second-order valence-electron chi connectivity index (χ2n) is 8.54. The molecule has 1 heteroatoms. The van der Waals surface area contributed by atoms with Crippen LogP contribution in [0.4, 0.5) is 0 Å². The zero-order valence-corrected chi connectivity index (χ0v) is 12.4. The molecule has 5 aliphatic rings. The van der Waals surface area contributed by atoms with Gasteiger partial charge in [-0.25, -0.2) is 0 Å². The maximum atomic E-state index is 6.13. The van der Waals surface area contributed by atoms with Gasteiger partial charge in [-0.1, -0.05) is 12.8 Å². The van der Waals surface area contributed by atoms with Crippen LogP contribution in [0.2, 0.25) is 0 Å². The number of nitrogens with two attached hydrogens (primary N) is 1. The molecular formula is C18H31N. The normalized spacial score (nSPS) is 46.9. The minimum Gasteiger partial charge on any atom is -0.330 e. The summed E-state index contributed by atoms with van der Waals surface area (Å²) in [6.45, 7) is 0.959. The molecule has 0 atom stereocenters. The zero-order valence-electron chi connectivity index (χ0n) is 12.4. The van der Waals surface area contributed by atoms with Crippen LogP contribution < -0.4 is 5.73 Å². The molecule has 19 heavy (non-hydrogen) atoms. The first kappa shape index (κ1) is 12.7. The highest BCUT2D eigenvalue weighted by Crippen LogP contribution is 2.58. The molecule has 0 radical (unpaired) electrons. The summed E-state index contributed by atoms with van der Waals surface area (Å²) in [7, 11) is 0. The van der Waals surface area contributed by atoms with E-state index >= 15 is 0 Å². The molecule has 5 rings (SSSR count). The predicted molar refractivity (Wildman–Crippen MR) is 79.7 cm³/mol. The lowest BCUT2D eigenvalue weighted by Gasteiger charge is -2.55. The van der Waals surface area contributed by atoms with Crippen molar-refractivity contribution in [3.05, 3.63) is 0 Å². The summed E-state index contributed by atoms with van der Waals surface area (Å²) < 4.78 is 0.